The van der Waals surface area contributed by atoms with Crippen molar-refractivity contribution in [3.05, 3.63) is 181 Å². The number of nitrogens with zero attached hydrogens (tertiary/aromatic N) is 3. The molecule has 1 spiro atoms. The Bertz CT molecular complexity index is 3310. The number of halogens is 4. The first-order valence-electron chi connectivity index (χ1n) is 25.4. The van der Waals surface area contributed by atoms with E-state index < -0.39 is 81.6 Å². The van der Waals surface area contributed by atoms with Crippen molar-refractivity contribution in [1.29, 1.82) is 0 Å². The number of sulfonamides is 2. The summed E-state index contributed by atoms with van der Waals surface area (Å²) < 4.78 is 130. The third-order valence-corrected chi connectivity index (χ3v) is 20.1. The maximum atomic E-state index is 15.7. The predicted octanol–water partition coefficient (Wildman–Crippen LogP) is 10.1. The van der Waals surface area contributed by atoms with Gasteiger partial charge in [-0.2, -0.15) is 8.61 Å². The number of aliphatic hydroxyl groups is 2. The number of nitrogens with one attached hydrogen (secondary N) is 1. The van der Waals surface area contributed by atoms with Crippen LogP contribution in [0.15, 0.2) is 112 Å². The summed E-state index contributed by atoms with van der Waals surface area (Å²) in [5.41, 5.74) is -2.33. The molecule has 2 unspecified atom stereocenters. The van der Waals surface area contributed by atoms with Crippen LogP contribution in [0.3, 0.4) is 0 Å². The van der Waals surface area contributed by atoms with Crippen molar-refractivity contribution in [1.82, 2.24) is 18.5 Å². The van der Waals surface area contributed by atoms with Crippen LogP contribution in [0, 0.1) is 23.3 Å². The van der Waals surface area contributed by atoms with E-state index in [0.29, 0.717) is 48.5 Å². The molecule has 8 bridgehead atoms. The van der Waals surface area contributed by atoms with Gasteiger partial charge in [0.1, 0.15) is 45.3 Å². The average molecular weight is 1080 g/mol. The van der Waals surface area contributed by atoms with Crippen LogP contribution in [-0.4, -0.2) is 76.4 Å². The van der Waals surface area contributed by atoms with Gasteiger partial charge in [0.25, 0.3) is 0 Å². The molecule has 14 rings (SSSR count). The quantitative estimate of drug-likeness (QED) is 0.144. The minimum absolute atomic E-state index is 0.0135. The molecular formula is C56H64F4N4O9S2. The molecule has 0 amide bonds. The molecule has 4 aromatic carbocycles. The number of H-pyrrole nitrogens is 1. The summed E-state index contributed by atoms with van der Waals surface area (Å²) in [6.07, 6.45) is 8.66. The van der Waals surface area contributed by atoms with Crippen molar-refractivity contribution >= 4 is 26.1 Å². The third kappa shape index (κ3) is 10.2. The Morgan fingerprint density at radius 1 is 0.747 bits per heavy atom. The summed E-state index contributed by atoms with van der Waals surface area (Å²) in [7, 11) is -5.79. The van der Waals surface area contributed by atoms with Crippen molar-refractivity contribution in [2.45, 2.75) is 144 Å². The van der Waals surface area contributed by atoms with Crippen LogP contribution in [0.2, 0.25) is 0 Å². The van der Waals surface area contributed by atoms with Gasteiger partial charge < -0.3 is 24.3 Å². The molecule has 4 fully saturated rings. The zero-order valence-corrected chi connectivity index (χ0v) is 44.5. The molecule has 4 atom stereocenters. The maximum Gasteiger partial charge on any atom is 0.416 e. The molecule has 8 heterocycles. The molecule has 2 saturated carbocycles. The lowest BCUT2D eigenvalue weighted by atomic mass is 9.55. The van der Waals surface area contributed by atoms with Gasteiger partial charge in [-0.1, -0.05) is 74.9 Å². The van der Waals surface area contributed by atoms with E-state index in [1.54, 1.807) is 75.3 Å². The topological polar surface area (TPSA) is 174 Å². The third-order valence-electron chi connectivity index (χ3n) is 15.4. The Morgan fingerprint density at radius 3 is 1.96 bits per heavy atom. The van der Waals surface area contributed by atoms with Gasteiger partial charge in [-0.05, 0) is 113 Å². The van der Waals surface area contributed by atoms with E-state index in [4.69, 9.17) is 9.15 Å². The Kier molecular flexibility index (Phi) is 14.5. The van der Waals surface area contributed by atoms with E-state index in [0.717, 1.165) is 29.8 Å². The maximum absolute atomic E-state index is 15.7. The van der Waals surface area contributed by atoms with E-state index in [1.165, 1.54) is 21.2 Å². The minimum Gasteiger partial charge on any atom is -0.443 e. The number of ether oxygens (including phenoxy) is 1. The summed E-state index contributed by atoms with van der Waals surface area (Å²) in [5.74, 6) is -2.51. The van der Waals surface area contributed by atoms with Crippen molar-refractivity contribution in [2.24, 2.45) is 0 Å². The molecule has 7 aliphatic heterocycles. The first kappa shape index (κ1) is 54.2. The molecule has 2 aliphatic carbocycles. The first-order valence-corrected chi connectivity index (χ1v) is 28.4. The van der Waals surface area contributed by atoms with Gasteiger partial charge in [-0.15, -0.1) is 0 Å². The van der Waals surface area contributed by atoms with Gasteiger partial charge in [0, 0.05) is 73.5 Å². The largest absolute Gasteiger partial charge is 0.443 e. The van der Waals surface area contributed by atoms with E-state index >= 15 is 17.6 Å². The van der Waals surface area contributed by atoms with Crippen LogP contribution < -0.4 is 5.76 Å². The highest BCUT2D eigenvalue weighted by Gasteiger charge is 2.59. The second kappa shape index (κ2) is 20.1. The van der Waals surface area contributed by atoms with E-state index in [2.05, 4.69) is 18.8 Å². The van der Waals surface area contributed by atoms with Gasteiger partial charge >= 0.3 is 5.76 Å². The predicted molar refractivity (Wildman–Crippen MR) is 275 cm³/mol. The molecule has 9 aliphatic rings. The normalized spacial score (nSPS) is 31.0. The van der Waals surface area contributed by atoms with Gasteiger partial charge in [-0.3, -0.25) is 4.98 Å². The Labute approximate surface area is 435 Å². The fraction of sp³-hybridized carbons (Fsp3) is 0.446. The van der Waals surface area contributed by atoms with Crippen molar-refractivity contribution in [3.8, 4) is 0 Å². The Balaban J connectivity index is 0.000000175. The first-order chi connectivity index (χ1) is 35.3. The molecule has 2 saturated heterocycles. The lowest BCUT2D eigenvalue weighted by Crippen LogP contribution is -2.54. The fourth-order valence-corrected chi connectivity index (χ4v) is 16.3. The van der Waals surface area contributed by atoms with E-state index in [9.17, 15) is 31.8 Å². The lowest BCUT2D eigenvalue weighted by Gasteiger charge is -2.51. The Hall–Kier alpha value is -5.57. The highest BCUT2D eigenvalue weighted by molar-refractivity contribution is 7.89. The van der Waals surface area contributed by atoms with Crippen LogP contribution in [0.5, 0.6) is 0 Å². The second-order valence-electron chi connectivity index (χ2n) is 21.7. The molecule has 75 heavy (non-hydrogen) atoms. The van der Waals surface area contributed by atoms with Crippen molar-refractivity contribution < 1.29 is 53.8 Å². The molecule has 1 aromatic heterocycles. The van der Waals surface area contributed by atoms with Crippen LogP contribution in [0.4, 0.5) is 17.6 Å². The highest BCUT2D eigenvalue weighted by atomic mass is 32.2. The van der Waals surface area contributed by atoms with Crippen LogP contribution >= 0.6 is 0 Å². The molecular weight excluding hydrogens is 1010 g/mol. The standard InChI is InChI=1S/C27H28F2N2O4S.C26H28F2N2O5S.C3H8/c1-26(32)15-27(16-26)20-12-21(28)19(11-22(20)29)13-31-9-3-4-23(36(31,33)34)18-7-5-17(6-8-18)10-25-30(2)14-24(27)35-25;1-16-8-9-22(17-6-4-3-5-7-17)36(33,34)30(16)13-18-10-21(28)19(11-20(18)27)26(14-25(2,32)15-26)23-12-29-24(31)35-23;1-3-2/h5-8,10-12,14,23,32H,3-4,9,13,15-16H2,1-2H3;3-7,10-12,16,22,32H,8-9,13-15H2,1-2H3,(H,29,31);3H2,1-2H3/b25-10+;;/t23-,26?,27?;16-,22?,25?,26?;/m10./s1. The molecule has 5 aromatic rings. The van der Waals surface area contributed by atoms with Crippen LogP contribution in [-0.2, 0) is 48.7 Å². The number of allylic oxidation sites excluding steroid dienone is 1. The highest BCUT2D eigenvalue weighted by Crippen LogP contribution is 2.58. The number of hydrogen-bond donors (Lipinski definition) is 3. The molecule has 3 N–H and O–H groups in total. The smallest absolute Gasteiger partial charge is 0.416 e. The zero-order chi connectivity index (χ0) is 54.0. The second-order valence-corrected chi connectivity index (χ2v) is 25.9. The van der Waals surface area contributed by atoms with Crippen LogP contribution in [0.1, 0.15) is 148 Å². The van der Waals surface area contributed by atoms with Crippen molar-refractivity contribution in [3.63, 3.8) is 0 Å². The van der Waals surface area contributed by atoms with Crippen LogP contribution in [0.25, 0.3) is 6.08 Å². The van der Waals surface area contributed by atoms with Gasteiger partial charge in [0.05, 0.1) is 22.0 Å². The van der Waals surface area contributed by atoms with Gasteiger partial charge in [0.2, 0.25) is 20.0 Å². The lowest BCUT2D eigenvalue weighted by molar-refractivity contribution is -0.0764. The number of benzene rings is 4. The van der Waals surface area contributed by atoms with E-state index in [-0.39, 0.29) is 79.4 Å². The number of hydrogen-bond acceptors (Lipinski definition) is 10. The number of aromatic nitrogens is 1. The summed E-state index contributed by atoms with van der Waals surface area (Å²) in [5, 5.41) is 19.5. The molecule has 402 valence electrons. The summed E-state index contributed by atoms with van der Waals surface area (Å²) in [4.78, 5) is 15.8. The SMILES string of the molecule is CCC.CN1C=C2O/C1=C/c1ccc(cc1)[C@H]1CCCN(Cc3cc(F)c(cc3F)C23CC(C)(O)C3)S1(=O)=O.C[C@H]1CCC(c2ccccc2)S(=O)(=O)N1Cc1cc(F)c(C2(c3c[nH]c(=O)o3)CC(C)(O)C2)cc1F. The Morgan fingerprint density at radius 2 is 1.33 bits per heavy atom. The average Bonchev–Trinajstić information content (AvgIpc) is 3.94. The molecule has 0 radical (unpaired) electrons. The summed E-state index contributed by atoms with van der Waals surface area (Å²) in [6, 6.07) is 20.1. The molecule has 19 heteroatoms. The summed E-state index contributed by atoms with van der Waals surface area (Å²) >= 11 is 0. The zero-order valence-electron chi connectivity index (χ0n) is 42.9. The minimum atomic E-state index is -3.82. The molecule has 13 nitrogen and oxygen atoms in total. The number of oxazole rings is 1. The van der Waals surface area contributed by atoms with Crippen molar-refractivity contribution in [2.75, 3.05) is 13.6 Å². The van der Waals surface area contributed by atoms with E-state index in [1.807, 2.05) is 24.3 Å². The van der Waals surface area contributed by atoms with Gasteiger partial charge in [-0.25, -0.2) is 39.2 Å². The fourth-order valence-electron chi connectivity index (χ4n) is 12.0. The van der Waals surface area contributed by atoms with Gasteiger partial charge in [0.15, 0.2) is 5.88 Å². The monoisotopic (exact) mass is 1080 g/mol. The number of rotatable bonds is 5. The summed E-state index contributed by atoms with van der Waals surface area (Å²) in [6.45, 7) is 8.97. The number of aromatic amines is 1.